The topological polar surface area (TPSA) is 49.7 Å². The van der Waals surface area contributed by atoms with Crippen molar-refractivity contribution in [3.8, 4) is 22.6 Å². The molecular formula is C26H28ClF3N4O2. The molecule has 0 amide bonds. The Morgan fingerprint density at radius 3 is 2.47 bits per heavy atom. The molecule has 0 radical (unpaired) electrons. The van der Waals surface area contributed by atoms with Crippen molar-refractivity contribution >= 4 is 18.1 Å². The Kier molecular flexibility index (Phi) is 7.63. The van der Waals surface area contributed by atoms with Crippen molar-refractivity contribution in [2.45, 2.75) is 32.7 Å². The molecule has 2 aliphatic rings. The number of aromatic nitrogens is 1. The van der Waals surface area contributed by atoms with E-state index in [1.165, 1.54) is 50.2 Å². The van der Waals surface area contributed by atoms with Crippen molar-refractivity contribution in [3.05, 3.63) is 76.2 Å². The molecule has 5 rings (SSSR count). The monoisotopic (exact) mass is 520 g/mol. The van der Waals surface area contributed by atoms with Crippen molar-refractivity contribution < 1.29 is 17.9 Å². The van der Waals surface area contributed by atoms with Crippen LogP contribution in [-0.2, 0) is 6.54 Å². The van der Waals surface area contributed by atoms with Gasteiger partial charge in [-0.1, -0.05) is 6.07 Å². The predicted molar refractivity (Wildman–Crippen MR) is 136 cm³/mol. The standard InChI is InChI=1S/C26H27F3N4O2.ClH/c1-18-14-22(35-26(27,28)29)5-6-23(18)19-8-11-33(25(34)16-19)21-4-7-24-20(15-21)17-32(30-24)13-12-31-9-2-3-10-31;/h4-8,11,14-16,30H,2-3,9-10,12-13,17H2,1H3;1H. The molecule has 0 aliphatic carbocycles. The number of nitrogens with one attached hydrogen (secondary N) is 1. The molecule has 36 heavy (non-hydrogen) atoms. The van der Waals surface area contributed by atoms with Crippen LogP contribution in [-0.4, -0.2) is 47.0 Å². The third-order valence-corrected chi connectivity index (χ3v) is 6.55. The van der Waals surface area contributed by atoms with Gasteiger partial charge >= 0.3 is 6.36 Å². The van der Waals surface area contributed by atoms with Gasteiger partial charge in [-0.2, -0.15) is 0 Å². The normalized spacial score (nSPS) is 15.9. The van der Waals surface area contributed by atoms with E-state index in [1.54, 1.807) is 23.8 Å². The molecule has 0 saturated carbocycles. The highest BCUT2D eigenvalue weighted by Crippen LogP contribution is 2.30. The van der Waals surface area contributed by atoms with Crippen LogP contribution in [0.4, 0.5) is 18.9 Å². The van der Waals surface area contributed by atoms with Gasteiger partial charge in [-0.3, -0.25) is 9.36 Å². The number of alkyl halides is 3. The van der Waals surface area contributed by atoms with Gasteiger partial charge in [0.1, 0.15) is 5.75 Å². The van der Waals surface area contributed by atoms with Gasteiger partial charge in [0, 0.05) is 37.6 Å². The maximum atomic E-state index is 13.0. The number of fused-ring (bicyclic) bond motifs is 1. The number of ether oxygens (including phenoxy) is 1. The van der Waals surface area contributed by atoms with E-state index in [9.17, 15) is 18.0 Å². The summed E-state index contributed by atoms with van der Waals surface area (Å²) in [5.74, 6) is -0.284. The number of hydrogen-bond donors (Lipinski definition) is 1. The van der Waals surface area contributed by atoms with Crippen LogP contribution in [0.2, 0.25) is 0 Å². The van der Waals surface area contributed by atoms with Gasteiger partial charge in [0.05, 0.1) is 5.69 Å². The molecule has 0 unspecified atom stereocenters. The van der Waals surface area contributed by atoms with E-state index in [1.807, 2.05) is 18.2 Å². The maximum absolute atomic E-state index is 13.0. The van der Waals surface area contributed by atoms with Crippen molar-refractivity contribution in [3.63, 3.8) is 0 Å². The Labute approximate surface area is 213 Å². The van der Waals surface area contributed by atoms with E-state index >= 15 is 0 Å². The molecule has 0 bridgehead atoms. The Morgan fingerprint density at radius 2 is 1.78 bits per heavy atom. The Balaban J connectivity index is 0.00000304. The summed E-state index contributed by atoms with van der Waals surface area (Å²) in [6.45, 7) is 6.79. The van der Waals surface area contributed by atoms with E-state index in [-0.39, 0.29) is 23.7 Å². The summed E-state index contributed by atoms with van der Waals surface area (Å²) >= 11 is 0. The number of halogens is 4. The zero-order valence-corrected chi connectivity index (χ0v) is 20.7. The van der Waals surface area contributed by atoms with Gasteiger partial charge < -0.3 is 15.1 Å². The minimum absolute atomic E-state index is 0. The molecule has 0 spiro atoms. The summed E-state index contributed by atoms with van der Waals surface area (Å²) in [6, 6.07) is 13.3. The summed E-state index contributed by atoms with van der Waals surface area (Å²) in [4.78, 5) is 15.4. The molecular weight excluding hydrogens is 493 g/mol. The van der Waals surface area contributed by atoms with E-state index in [2.05, 4.69) is 20.1 Å². The molecule has 192 valence electrons. The van der Waals surface area contributed by atoms with E-state index in [4.69, 9.17) is 0 Å². The molecule has 6 nitrogen and oxygen atoms in total. The zero-order chi connectivity index (χ0) is 24.6. The highest BCUT2D eigenvalue weighted by molar-refractivity contribution is 5.85. The number of rotatable bonds is 6. The van der Waals surface area contributed by atoms with E-state index in [0.717, 1.165) is 36.6 Å². The lowest BCUT2D eigenvalue weighted by molar-refractivity contribution is -0.274. The minimum Gasteiger partial charge on any atom is -0.406 e. The number of anilines is 1. The predicted octanol–water partition coefficient (Wildman–Crippen LogP) is 5.37. The first-order valence-electron chi connectivity index (χ1n) is 11.7. The molecule has 0 atom stereocenters. The first-order chi connectivity index (χ1) is 16.7. The smallest absolute Gasteiger partial charge is 0.406 e. The van der Waals surface area contributed by atoms with E-state index in [0.29, 0.717) is 16.7 Å². The largest absolute Gasteiger partial charge is 0.573 e. The number of likely N-dealkylation sites (tertiary alicyclic amines) is 1. The molecule has 3 aromatic rings. The summed E-state index contributed by atoms with van der Waals surface area (Å²) in [5, 5.41) is 2.20. The van der Waals surface area contributed by atoms with Crippen LogP contribution >= 0.6 is 12.4 Å². The highest BCUT2D eigenvalue weighted by Gasteiger charge is 2.31. The second-order valence-electron chi connectivity index (χ2n) is 9.07. The van der Waals surface area contributed by atoms with Gasteiger partial charge in [0.2, 0.25) is 0 Å². The number of nitrogens with zero attached hydrogens (tertiary/aromatic N) is 3. The number of hydrazine groups is 1. The number of pyridine rings is 1. The molecule has 10 heteroatoms. The average molecular weight is 521 g/mol. The minimum atomic E-state index is -4.75. The first-order valence-corrected chi connectivity index (χ1v) is 11.7. The van der Waals surface area contributed by atoms with Crippen molar-refractivity contribution in [1.29, 1.82) is 0 Å². The van der Waals surface area contributed by atoms with Crippen LogP contribution in [0, 0.1) is 6.92 Å². The second-order valence-corrected chi connectivity index (χ2v) is 9.07. The van der Waals surface area contributed by atoms with Crippen LogP contribution < -0.4 is 15.7 Å². The third kappa shape index (κ3) is 5.86. The van der Waals surface area contributed by atoms with Crippen molar-refractivity contribution in [2.75, 3.05) is 31.6 Å². The molecule has 3 heterocycles. The fourth-order valence-corrected chi connectivity index (χ4v) is 4.81. The van der Waals surface area contributed by atoms with Crippen molar-refractivity contribution in [1.82, 2.24) is 14.5 Å². The van der Waals surface area contributed by atoms with Crippen molar-refractivity contribution in [2.24, 2.45) is 0 Å². The average Bonchev–Trinajstić information content (AvgIpc) is 3.45. The van der Waals surface area contributed by atoms with Gasteiger partial charge in [-0.15, -0.1) is 25.6 Å². The quantitative estimate of drug-likeness (QED) is 0.473. The summed E-state index contributed by atoms with van der Waals surface area (Å²) in [7, 11) is 0. The van der Waals surface area contributed by atoms with Crippen LogP contribution in [0.25, 0.3) is 16.8 Å². The Hall–Kier alpha value is -3.01. The zero-order valence-electron chi connectivity index (χ0n) is 19.8. The number of hydrogen-bond acceptors (Lipinski definition) is 5. The van der Waals surface area contributed by atoms with Gasteiger partial charge in [0.15, 0.2) is 0 Å². The maximum Gasteiger partial charge on any atom is 0.573 e. The molecule has 1 N–H and O–H groups in total. The Morgan fingerprint density at radius 1 is 1.00 bits per heavy atom. The van der Waals surface area contributed by atoms with Crippen LogP contribution in [0.3, 0.4) is 0 Å². The molecule has 2 aliphatic heterocycles. The fourth-order valence-electron chi connectivity index (χ4n) is 4.81. The van der Waals surface area contributed by atoms with Gasteiger partial charge in [-0.25, -0.2) is 5.01 Å². The highest BCUT2D eigenvalue weighted by atomic mass is 35.5. The number of benzene rings is 2. The van der Waals surface area contributed by atoms with Crippen LogP contribution in [0.15, 0.2) is 59.5 Å². The number of aryl methyl sites for hydroxylation is 1. The third-order valence-electron chi connectivity index (χ3n) is 6.55. The lowest BCUT2D eigenvalue weighted by Gasteiger charge is -2.20. The molecule has 1 saturated heterocycles. The fraction of sp³-hybridized carbons (Fsp3) is 0.346. The Bertz CT molecular complexity index is 1290. The lowest BCUT2D eigenvalue weighted by Crippen LogP contribution is -2.33. The second kappa shape index (κ2) is 10.5. The van der Waals surface area contributed by atoms with E-state index < -0.39 is 6.36 Å². The summed E-state index contributed by atoms with van der Waals surface area (Å²) < 4.78 is 43.0. The molecule has 1 fully saturated rings. The van der Waals surface area contributed by atoms with Crippen LogP contribution in [0.1, 0.15) is 24.0 Å². The molecule has 2 aromatic carbocycles. The van der Waals surface area contributed by atoms with Gasteiger partial charge in [-0.05, 0) is 91.5 Å². The summed E-state index contributed by atoms with van der Waals surface area (Å²) in [6.07, 6.45) is -0.485. The SMILES string of the molecule is Cc1cc(OC(F)(F)F)ccc1-c1ccn(-c2ccc3c(c2)CN(CCN2CCCC2)N3)c(=O)c1.Cl. The molecule has 1 aromatic heterocycles. The summed E-state index contributed by atoms with van der Waals surface area (Å²) in [5.41, 5.74) is 8.09. The first kappa shape index (κ1) is 26.1. The van der Waals surface area contributed by atoms with Gasteiger partial charge in [0.25, 0.3) is 5.56 Å². The lowest BCUT2D eigenvalue weighted by atomic mass is 10.0. The van der Waals surface area contributed by atoms with Crippen LogP contribution in [0.5, 0.6) is 5.75 Å².